The van der Waals surface area contributed by atoms with Crippen molar-refractivity contribution >= 4 is 59.3 Å². The molecule has 1 rings (SSSR count). The van der Waals surface area contributed by atoms with Gasteiger partial charge >= 0.3 is 17.9 Å². The Labute approximate surface area is 453 Å². The Morgan fingerprint density at radius 1 is 0.461 bits per heavy atom. The monoisotopic (exact) mass is 1080 g/mol. The molecule has 0 saturated carbocycles. The van der Waals surface area contributed by atoms with Crippen LogP contribution in [0.4, 0.5) is 0 Å². The van der Waals surface area contributed by atoms with Gasteiger partial charge in [0.25, 0.3) is 0 Å². The normalized spacial score (nSPS) is 23.9. The van der Waals surface area contributed by atoms with Gasteiger partial charge < -0.3 is 52.2 Å². The number of aliphatic carboxylic acids is 2. The predicted molar refractivity (Wildman–Crippen MR) is 290 cm³/mol. The third-order valence-corrected chi connectivity index (χ3v) is 13.4. The number of carbonyl (C=O) groups excluding carboxylic acids is 8. The summed E-state index contributed by atoms with van der Waals surface area (Å²) in [5.74, 6) is -9.98. The molecular formula is C56H99N7O13. The zero-order valence-corrected chi connectivity index (χ0v) is 48.1. The minimum Gasteiger partial charge on any atom is -0.481 e. The first-order valence-corrected chi connectivity index (χ1v) is 28.4. The van der Waals surface area contributed by atoms with Crippen LogP contribution in [0.2, 0.25) is 0 Å². The third kappa shape index (κ3) is 29.3. The first-order chi connectivity index (χ1) is 35.6. The summed E-state index contributed by atoms with van der Waals surface area (Å²) in [6.07, 6.45) is 7.90. The Bertz CT molecular complexity index is 1860. The van der Waals surface area contributed by atoms with Crippen LogP contribution in [0.5, 0.6) is 0 Å². The molecule has 9 N–H and O–H groups in total. The van der Waals surface area contributed by atoms with Gasteiger partial charge in [-0.25, -0.2) is 4.79 Å². The van der Waals surface area contributed by atoms with Crippen LogP contribution in [0.3, 0.4) is 0 Å². The number of rotatable bonds is 27. The number of carboxylic acids is 2. The Kier molecular flexibility index (Phi) is 33.2. The lowest BCUT2D eigenvalue weighted by Gasteiger charge is -2.29. The largest absolute Gasteiger partial charge is 0.481 e. The first-order valence-electron chi connectivity index (χ1n) is 28.4. The number of amides is 7. The number of ether oxygens (including phenoxy) is 1. The van der Waals surface area contributed by atoms with Gasteiger partial charge in [0, 0.05) is 6.42 Å². The van der Waals surface area contributed by atoms with E-state index in [1.807, 2.05) is 27.7 Å². The molecule has 0 aromatic heterocycles. The molecule has 20 heteroatoms. The minimum absolute atomic E-state index is 0.0298. The molecule has 1 aliphatic rings. The minimum atomic E-state index is -1.72. The van der Waals surface area contributed by atoms with Gasteiger partial charge in [-0.15, -0.1) is 0 Å². The van der Waals surface area contributed by atoms with Crippen molar-refractivity contribution in [3.8, 4) is 0 Å². The van der Waals surface area contributed by atoms with Gasteiger partial charge in [-0.3, -0.25) is 43.2 Å². The average molecular weight is 1080 g/mol. The fourth-order valence-electron chi connectivity index (χ4n) is 9.08. The number of esters is 1. The second kappa shape index (κ2) is 36.7. The highest BCUT2D eigenvalue weighted by atomic mass is 16.5. The molecular weight excluding hydrogens is 979 g/mol. The van der Waals surface area contributed by atoms with Crippen LogP contribution < -0.4 is 37.2 Å². The van der Waals surface area contributed by atoms with Gasteiger partial charge in [0.1, 0.15) is 48.4 Å². The van der Waals surface area contributed by atoms with Crippen molar-refractivity contribution in [3.63, 3.8) is 0 Å². The summed E-state index contributed by atoms with van der Waals surface area (Å²) in [5, 5.41) is 38.1. The molecule has 9 atom stereocenters. The summed E-state index contributed by atoms with van der Waals surface area (Å²) in [5.41, 5.74) is 0. The van der Waals surface area contributed by atoms with Gasteiger partial charge in [0.15, 0.2) is 0 Å². The van der Waals surface area contributed by atoms with Crippen LogP contribution in [-0.2, 0) is 52.7 Å². The van der Waals surface area contributed by atoms with E-state index in [0.717, 1.165) is 32.1 Å². The molecule has 1 heterocycles. The van der Waals surface area contributed by atoms with Gasteiger partial charge in [-0.2, -0.15) is 0 Å². The Morgan fingerprint density at radius 3 is 1.21 bits per heavy atom. The molecule has 1 fully saturated rings. The van der Waals surface area contributed by atoms with Crippen LogP contribution in [0.25, 0.3) is 0 Å². The molecule has 0 aromatic carbocycles. The maximum absolute atomic E-state index is 14.3. The molecule has 1 aliphatic heterocycles. The summed E-state index contributed by atoms with van der Waals surface area (Å²) < 4.78 is 6.09. The number of carboxylic acid groups (broad SMARTS) is 2. The first kappa shape index (κ1) is 68.7. The lowest BCUT2D eigenvalue weighted by molar-refractivity contribution is -0.156. The van der Waals surface area contributed by atoms with Crippen LogP contribution >= 0.6 is 0 Å². The number of nitrogens with one attached hydrogen (secondary N) is 7. The van der Waals surface area contributed by atoms with Gasteiger partial charge in [-0.1, -0.05) is 147 Å². The number of hydrogen-bond acceptors (Lipinski definition) is 11. The number of unbranched alkanes of at least 4 members (excludes halogenated alkanes) is 8. The lowest BCUT2D eigenvalue weighted by atomic mass is 9.97. The van der Waals surface area contributed by atoms with Gasteiger partial charge in [0.05, 0.1) is 12.8 Å². The summed E-state index contributed by atoms with van der Waals surface area (Å²) in [6.45, 7) is 22.4. The maximum atomic E-state index is 14.3. The SMILES string of the molecule is CCC(C)[C@@H]1NC(=O)[C@@H](CC(C)C)NC(=O)[C@H](CC(=O)O)NC(=O)[C@H](CC(C)C)NC(=O)[C@@H](CC(C)C)NC(=O)[C@H](CC(C)C)NC(=O)[C@H](CCC(=O)O)NC(=O)C[C@@H](CCCCCCCCCCCC(C)C)OC1=O. The van der Waals surface area contributed by atoms with E-state index in [1.165, 1.54) is 25.7 Å². The topological polar surface area (TPSA) is 305 Å². The highest BCUT2D eigenvalue weighted by Crippen LogP contribution is 2.20. The second-order valence-corrected chi connectivity index (χ2v) is 23.3. The highest BCUT2D eigenvalue weighted by molar-refractivity contribution is 5.98. The van der Waals surface area contributed by atoms with E-state index in [1.54, 1.807) is 41.5 Å². The molecule has 0 aliphatic carbocycles. The van der Waals surface area contributed by atoms with Crippen molar-refractivity contribution in [2.75, 3.05) is 0 Å². The molecule has 0 bridgehead atoms. The molecule has 76 heavy (non-hydrogen) atoms. The van der Waals surface area contributed by atoms with E-state index in [0.29, 0.717) is 18.8 Å². The summed E-state index contributed by atoms with van der Waals surface area (Å²) in [7, 11) is 0. The average Bonchev–Trinajstić information content (AvgIpc) is 3.30. The zero-order chi connectivity index (χ0) is 57.7. The number of cyclic esters (lactones) is 1. The van der Waals surface area contributed by atoms with Crippen LogP contribution in [0, 0.1) is 35.5 Å². The molecule has 0 radical (unpaired) electrons. The quantitative estimate of drug-likeness (QED) is 0.0327. The van der Waals surface area contributed by atoms with Crippen molar-refractivity contribution < 1.29 is 62.9 Å². The second-order valence-electron chi connectivity index (χ2n) is 23.3. The van der Waals surface area contributed by atoms with Crippen molar-refractivity contribution in [1.29, 1.82) is 0 Å². The summed E-state index contributed by atoms with van der Waals surface area (Å²) in [4.78, 5) is 137. The van der Waals surface area contributed by atoms with Gasteiger partial charge in [0.2, 0.25) is 41.4 Å². The molecule has 0 aromatic rings. The van der Waals surface area contributed by atoms with Crippen molar-refractivity contribution in [2.45, 2.75) is 260 Å². The lowest BCUT2D eigenvalue weighted by Crippen LogP contribution is -2.60. The molecule has 436 valence electrons. The van der Waals surface area contributed by atoms with E-state index >= 15 is 0 Å². The molecule has 20 nitrogen and oxygen atoms in total. The Morgan fingerprint density at radius 2 is 0.829 bits per heavy atom. The smallest absolute Gasteiger partial charge is 0.329 e. The third-order valence-electron chi connectivity index (χ3n) is 13.4. The van der Waals surface area contributed by atoms with E-state index in [4.69, 9.17) is 4.74 Å². The van der Waals surface area contributed by atoms with Crippen LogP contribution in [-0.4, -0.2) is 118 Å². The number of carbonyl (C=O) groups is 10. The van der Waals surface area contributed by atoms with Gasteiger partial charge in [-0.05, 0) is 80.5 Å². The molecule has 7 amide bonds. The Hall–Kier alpha value is -5.30. The Balaban J connectivity index is 3.93. The van der Waals surface area contributed by atoms with E-state index in [2.05, 4.69) is 51.1 Å². The highest BCUT2D eigenvalue weighted by Gasteiger charge is 2.37. The zero-order valence-electron chi connectivity index (χ0n) is 48.1. The van der Waals surface area contributed by atoms with Crippen LogP contribution in [0.15, 0.2) is 0 Å². The van der Waals surface area contributed by atoms with E-state index in [-0.39, 0.29) is 62.2 Å². The standard InChI is InChI=1S/C56H99N7O13/c1-13-38(12)49-56(75)76-39(24-22-20-18-16-14-15-17-19-21-23-33(2)3)31-46(64)57-40(25-26-47(65)66)50(69)58-41(27-34(4)5)51(70)59-42(28-35(6)7)52(71)60-43(29-36(8)9)53(72)62-45(32-48(67)68)54(73)61-44(30-37(10)11)55(74)63-49/h33-45,49H,13-32H2,1-12H3,(H,57,64)(H,58,69)(H,59,70)(H,60,71)(H,61,73)(H,62,72)(H,63,74)(H,65,66)(H,67,68)/t38?,39-,40+,41+,42-,43+,44-,45+,49+/m1/s1. The summed E-state index contributed by atoms with van der Waals surface area (Å²) in [6, 6.07) is -9.63. The predicted octanol–water partition coefficient (Wildman–Crippen LogP) is 6.21. The maximum Gasteiger partial charge on any atom is 0.329 e. The van der Waals surface area contributed by atoms with Crippen molar-refractivity contribution in [1.82, 2.24) is 37.2 Å². The molecule has 0 spiro atoms. The fourth-order valence-corrected chi connectivity index (χ4v) is 9.08. The molecule has 1 saturated heterocycles. The number of hydrogen-bond donors (Lipinski definition) is 9. The van der Waals surface area contributed by atoms with Crippen molar-refractivity contribution in [3.05, 3.63) is 0 Å². The fraction of sp³-hybridized carbons (Fsp3) is 0.821. The van der Waals surface area contributed by atoms with E-state index < -0.39 is 133 Å². The molecule has 1 unspecified atom stereocenters. The summed E-state index contributed by atoms with van der Waals surface area (Å²) >= 11 is 0. The van der Waals surface area contributed by atoms with Crippen LogP contribution in [0.1, 0.15) is 212 Å². The van der Waals surface area contributed by atoms with E-state index in [9.17, 15) is 58.2 Å². The van der Waals surface area contributed by atoms with Crippen molar-refractivity contribution in [2.24, 2.45) is 35.5 Å².